The number of nitrogens with zero attached hydrogens (tertiary/aromatic N) is 1. The number of hydrogen-bond donors (Lipinski definition) is 2. The molecule has 0 fully saturated rings. The van der Waals surface area contributed by atoms with E-state index in [9.17, 15) is 9.59 Å². The van der Waals surface area contributed by atoms with Crippen LogP contribution in [0.2, 0.25) is 0 Å². The molecule has 1 atom stereocenters. The molecule has 0 unspecified atom stereocenters. The van der Waals surface area contributed by atoms with Crippen molar-refractivity contribution in [2.75, 3.05) is 20.6 Å². The SMILES string of the molecule is CNC(=O)c1ccc(CN(C)CC(=O)N[C@@H](C)c2ccccc2Br)cc1. The molecular formula is C20H24BrN3O2. The zero-order valence-corrected chi connectivity index (χ0v) is 16.8. The van der Waals surface area contributed by atoms with E-state index in [0.29, 0.717) is 18.7 Å². The van der Waals surface area contributed by atoms with Crippen LogP contribution in [0.4, 0.5) is 0 Å². The second kappa shape index (κ2) is 9.50. The van der Waals surface area contributed by atoms with E-state index in [2.05, 4.69) is 26.6 Å². The van der Waals surface area contributed by atoms with Crippen LogP contribution in [0.25, 0.3) is 0 Å². The summed E-state index contributed by atoms with van der Waals surface area (Å²) in [5.74, 6) is -0.136. The second-order valence-electron chi connectivity index (χ2n) is 6.26. The third kappa shape index (κ3) is 5.68. The molecule has 0 aromatic heterocycles. The Morgan fingerprint density at radius 2 is 1.77 bits per heavy atom. The Balaban J connectivity index is 1.87. The minimum atomic E-state index is -0.106. The average molecular weight is 418 g/mol. The van der Waals surface area contributed by atoms with Gasteiger partial charge in [0, 0.05) is 23.6 Å². The third-order valence-electron chi connectivity index (χ3n) is 4.06. The van der Waals surface area contributed by atoms with E-state index < -0.39 is 0 Å². The molecule has 5 nitrogen and oxygen atoms in total. The van der Waals surface area contributed by atoms with Crippen molar-refractivity contribution in [2.45, 2.75) is 19.5 Å². The summed E-state index contributed by atoms with van der Waals surface area (Å²) in [5.41, 5.74) is 2.72. The van der Waals surface area contributed by atoms with Crippen molar-refractivity contribution in [2.24, 2.45) is 0 Å². The highest BCUT2D eigenvalue weighted by molar-refractivity contribution is 9.10. The van der Waals surface area contributed by atoms with Gasteiger partial charge in [0.1, 0.15) is 0 Å². The molecule has 0 saturated heterocycles. The lowest BCUT2D eigenvalue weighted by atomic mass is 10.1. The summed E-state index contributed by atoms with van der Waals surface area (Å²) in [6, 6.07) is 15.2. The van der Waals surface area contributed by atoms with E-state index in [1.165, 1.54) is 0 Å². The number of benzene rings is 2. The Labute approximate surface area is 162 Å². The van der Waals surface area contributed by atoms with Crippen molar-refractivity contribution in [3.63, 3.8) is 0 Å². The molecule has 2 aromatic carbocycles. The van der Waals surface area contributed by atoms with Crippen LogP contribution >= 0.6 is 15.9 Å². The maximum atomic E-state index is 12.3. The summed E-state index contributed by atoms with van der Waals surface area (Å²) in [6.07, 6.45) is 0. The lowest BCUT2D eigenvalue weighted by molar-refractivity contribution is -0.122. The van der Waals surface area contributed by atoms with Crippen LogP contribution in [0.3, 0.4) is 0 Å². The third-order valence-corrected chi connectivity index (χ3v) is 4.78. The van der Waals surface area contributed by atoms with Crippen LogP contribution in [-0.2, 0) is 11.3 Å². The summed E-state index contributed by atoms with van der Waals surface area (Å²) in [4.78, 5) is 25.8. The number of amides is 2. The topological polar surface area (TPSA) is 61.4 Å². The van der Waals surface area contributed by atoms with E-state index in [1.54, 1.807) is 19.2 Å². The van der Waals surface area contributed by atoms with Crippen molar-refractivity contribution in [3.8, 4) is 0 Å². The molecule has 2 rings (SSSR count). The van der Waals surface area contributed by atoms with Crippen molar-refractivity contribution in [3.05, 3.63) is 69.7 Å². The fourth-order valence-corrected chi connectivity index (χ4v) is 3.34. The minimum absolute atomic E-state index is 0.0299. The summed E-state index contributed by atoms with van der Waals surface area (Å²) in [5, 5.41) is 5.62. The number of hydrogen-bond acceptors (Lipinski definition) is 3. The Morgan fingerprint density at radius 1 is 1.12 bits per heavy atom. The number of nitrogens with one attached hydrogen (secondary N) is 2. The lowest BCUT2D eigenvalue weighted by Crippen LogP contribution is -2.36. The van der Waals surface area contributed by atoms with Gasteiger partial charge >= 0.3 is 0 Å². The van der Waals surface area contributed by atoms with Gasteiger partial charge < -0.3 is 10.6 Å². The van der Waals surface area contributed by atoms with Gasteiger partial charge in [0.05, 0.1) is 12.6 Å². The van der Waals surface area contributed by atoms with E-state index in [1.807, 2.05) is 55.3 Å². The van der Waals surface area contributed by atoms with Gasteiger partial charge in [0.25, 0.3) is 5.91 Å². The van der Waals surface area contributed by atoms with Crippen molar-refractivity contribution < 1.29 is 9.59 Å². The highest BCUT2D eigenvalue weighted by Crippen LogP contribution is 2.22. The molecule has 0 aliphatic carbocycles. The molecule has 0 aliphatic heterocycles. The largest absolute Gasteiger partial charge is 0.355 e. The van der Waals surface area contributed by atoms with E-state index in [0.717, 1.165) is 15.6 Å². The van der Waals surface area contributed by atoms with E-state index in [4.69, 9.17) is 0 Å². The Hall–Kier alpha value is -2.18. The molecular weight excluding hydrogens is 394 g/mol. The molecule has 0 saturated carbocycles. The Bertz CT molecular complexity index is 762. The molecule has 2 aromatic rings. The summed E-state index contributed by atoms with van der Waals surface area (Å²) in [6.45, 7) is 2.90. The molecule has 0 bridgehead atoms. The van der Waals surface area contributed by atoms with Crippen LogP contribution in [0.5, 0.6) is 0 Å². The van der Waals surface area contributed by atoms with Crippen molar-refractivity contribution in [1.29, 1.82) is 0 Å². The van der Waals surface area contributed by atoms with Crippen LogP contribution in [0.15, 0.2) is 53.0 Å². The highest BCUT2D eigenvalue weighted by Gasteiger charge is 2.14. The first-order valence-corrected chi connectivity index (χ1v) is 9.23. The van der Waals surface area contributed by atoms with E-state index in [-0.39, 0.29) is 17.9 Å². The number of carbonyl (C=O) groups is 2. The van der Waals surface area contributed by atoms with Gasteiger partial charge in [-0.3, -0.25) is 14.5 Å². The monoisotopic (exact) mass is 417 g/mol. The summed E-state index contributed by atoms with van der Waals surface area (Å²) >= 11 is 3.51. The first-order valence-electron chi connectivity index (χ1n) is 8.44. The first kappa shape index (κ1) is 20.1. The smallest absolute Gasteiger partial charge is 0.251 e. The number of likely N-dealkylation sites (N-methyl/N-ethyl adjacent to an activating group) is 1. The van der Waals surface area contributed by atoms with Crippen molar-refractivity contribution in [1.82, 2.24) is 15.5 Å². The predicted molar refractivity (Wildman–Crippen MR) is 107 cm³/mol. The van der Waals surface area contributed by atoms with E-state index >= 15 is 0 Å². The fraction of sp³-hybridized carbons (Fsp3) is 0.300. The van der Waals surface area contributed by atoms with Crippen molar-refractivity contribution >= 4 is 27.7 Å². The number of rotatable bonds is 7. The average Bonchev–Trinajstić information content (AvgIpc) is 2.61. The highest BCUT2D eigenvalue weighted by atomic mass is 79.9. The maximum Gasteiger partial charge on any atom is 0.251 e. The van der Waals surface area contributed by atoms with Gasteiger partial charge in [0.2, 0.25) is 5.91 Å². The molecule has 138 valence electrons. The summed E-state index contributed by atoms with van der Waals surface area (Å²) < 4.78 is 0.984. The molecule has 6 heteroatoms. The van der Waals surface area contributed by atoms with Gasteiger partial charge in [-0.2, -0.15) is 0 Å². The molecule has 0 heterocycles. The van der Waals surface area contributed by atoms with Gasteiger partial charge in [-0.25, -0.2) is 0 Å². The molecule has 26 heavy (non-hydrogen) atoms. The summed E-state index contributed by atoms with van der Waals surface area (Å²) in [7, 11) is 3.51. The zero-order chi connectivity index (χ0) is 19.1. The number of carbonyl (C=O) groups excluding carboxylic acids is 2. The number of halogens is 1. The molecule has 2 N–H and O–H groups in total. The normalized spacial score (nSPS) is 11.9. The van der Waals surface area contributed by atoms with Crippen LogP contribution in [-0.4, -0.2) is 37.4 Å². The van der Waals surface area contributed by atoms with Gasteiger partial charge in [0.15, 0.2) is 0 Å². The second-order valence-corrected chi connectivity index (χ2v) is 7.11. The lowest BCUT2D eigenvalue weighted by Gasteiger charge is -2.20. The van der Waals surface area contributed by atoms with Crippen LogP contribution in [0.1, 0.15) is 34.5 Å². The predicted octanol–water partition coefficient (Wildman–Crippen LogP) is 3.12. The Morgan fingerprint density at radius 3 is 2.38 bits per heavy atom. The minimum Gasteiger partial charge on any atom is -0.355 e. The van der Waals surface area contributed by atoms with Crippen LogP contribution < -0.4 is 10.6 Å². The van der Waals surface area contributed by atoms with Crippen LogP contribution in [0, 0.1) is 0 Å². The quantitative estimate of drug-likeness (QED) is 0.727. The molecule has 2 amide bonds. The zero-order valence-electron chi connectivity index (χ0n) is 15.3. The van der Waals surface area contributed by atoms with Gasteiger partial charge in [-0.15, -0.1) is 0 Å². The fourth-order valence-electron chi connectivity index (χ4n) is 2.71. The van der Waals surface area contributed by atoms with Gasteiger partial charge in [-0.05, 0) is 43.3 Å². The molecule has 0 spiro atoms. The molecule has 0 aliphatic rings. The van der Waals surface area contributed by atoms with Gasteiger partial charge in [-0.1, -0.05) is 46.3 Å². The Kier molecular flexibility index (Phi) is 7.36. The first-order chi connectivity index (χ1) is 12.4. The maximum absolute atomic E-state index is 12.3. The molecule has 0 radical (unpaired) electrons. The standard InChI is InChI=1S/C20H24BrN3O2/c1-14(17-6-4-5-7-18(17)21)23-19(25)13-24(3)12-15-8-10-16(11-9-15)20(26)22-2/h4-11,14H,12-13H2,1-3H3,(H,22,26)(H,23,25)/t14-/m0/s1.